The van der Waals surface area contributed by atoms with Crippen LogP contribution in [0.5, 0.6) is 0 Å². The Kier molecular flexibility index (Phi) is 5.27. The number of amides is 1. The van der Waals surface area contributed by atoms with Crippen molar-refractivity contribution in [2.45, 2.75) is 11.6 Å². The van der Waals surface area contributed by atoms with Gasteiger partial charge in [0.25, 0.3) is 0 Å². The Bertz CT molecular complexity index is 1550. The summed E-state index contributed by atoms with van der Waals surface area (Å²) in [5, 5.41) is 16.7. The van der Waals surface area contributed by atoms with Crippen LogP contribution in [-0.4, -0.2) is 31.8 Å². The number of thiazole rings is 1. The summed E-state index contributed by atoms with van der Waals surface area (Å²) in [4.78, 5) is 21.5. The summed E-state index contributed by atoms with van der Waals surface area (Å²) in [6.07, 6.45) is 0.284. The summed E-state index contributed by atoms with van der Waals surface area (Å²) in [6.45, 7) is 0. The molecule has 1 amide bonds. The quantitative estimate of drug-likeness (QED) is 0.289. The zero-order valence-electron chi connectivity index (χ0n) is 17.7. The molecule has 2 heterocycles. The van der Waals surface area contributed by atoms with Gasteiger partial charge in [-0.05, 0) is 29.7 Å². The van der Waals surface area contributed by atoms with Crippen molar-refractivity contribution < 1.29 is 9.18 Å². The number of nitrogens with one attached hydrogen (secondary N) is 1. The summed E-state index contributed by atoms with van der Waals surface area (Å²) in [6, 6.07) is 18.4. The molecule has 9 heteroatoms. The fourth-order valence-electron chi connectivity index (χ4n) is 3.98. The van der Waals surface area contributed by atoms with E-state index in [2.05, 4.69) is 38.7 Å². The Morgan fingerprint density at radius 3 is 2.50 bits per heavy atom. The molecule has 1 N–H and O–H groups in total. The van der Waals surface area contributed by atoms with Crippen LogP contribution in [0, 0.1) is 5.82 Å². The molecular weight excluding hydrogens is 469 g/mol. The number of anilines is 1. The van der Waals surface area contributed by atoms with E-state index in [9.17, 15) is 9.18 Å². The van der Waals surface area contributed by atoms with Crippen molar-refractivity contribution in [2.75, 3.05) is 11.1 Å². The molecule has 1 aliphatic carbocycles. The number of nitrogens with zero attached hydrogens (tertiary/aromatic N) is 4. The largest absolute Gasteiger partial charge is 0.302 e. The molecule has 0 radical (unpaired) electrons. The van der Waals surface area contributed by atoms with E-state index in [1.165, 1.54) is 35.2 Å². The summed E-state index contributed by atoms with van der Waals surface area (Å²) in [7, 11) is 0. The molecule has 0 spiro atoms. The normalized spacial score (nSPS) is 11.6. The van der Waals surface area contributed by atoms with E-state index in [0.717, 1.165) is 38.9 Å². The molecule has 0 unspecified atom stereocenters. The fourth-order valence-corrected chi connectivity index (χ4v) is 5.44. The van der Waals surface area contributed by atoms with Gasteiger partial charge in [-0.15, -0.1) is 21.5 Å². The van der Waals surface area contributed by atoms with Gasteiger partial charge >= 0.3 is 0 Å². The minimum atomic E-state index is -0.297. The number of thioether (sulfide) groups is 1. The van der Waals surface area contributed by atoms with E-state index < -0.39 is 0 Å². The lowest BCUT2D eigenvalue weighted by molar-refractivity contribution is -0.115. The minimum absolute atomic E-state index is 0.140. The number of carbonyl (C=O) groups excluding carboxylic acids is 1. The number of carbonyl (C=O) groups is 1. The maximum atomic E-state index is 13.1. The van der Waals surface area contributed by atoms with Gasteiger partial charge < -0.3 is 5.32 Å². The number of rotatable bonds is 6. The number of hydrogen-bond acceptors (Lipinski definition) is 7. The summed E-state index contributed by atoms with van der Waals surface area (Å²) >= 11 is 2.73. The number of benzene rings is 3. The van der Waals surface area contributed by atoms with Crippen molar-refractivity contribution in [3.8, 4) is 33.8 Å². The van der Waals surface area contributed by atoms with Crippen molar-refractivity contribution in [3.05, 3.63) is 71.9 Å². The van der Waals surface area contributed by atoms with E-state index in [1.54, 1.807) is 12.1 Å². The van der Waals surface area contributed by atoms with Crippen LogP contribution in [0.2, 0.25) is 0 Å². The zero-order chi connectivity index (χ0) is 23.1. The van der Waals surface area contributed by atoms with Crippen LogP contribution >= 0.6 is 23.1 Å². The molecule has 166 valence electrons. The first kappa shape index (κ1) is 20.9. The van der Waals surface area contributed by atoms with Gasteiger partial charge in [0.15, 0.2) is 5.13 Å². The molecule has 3 aromatic carbocycles. The van der Waals surface area contributed by atoms with Gasteiger partial charge in [-0.3, -0.25) is 4.79 Å². The first-order valence-corrected chi connectivity index (χ1v) is 12.4. The highest BCUT2D eigenvalue weighted by Crippen LogP contribution is 2.44. The second-order valence-corrected chi connectivity index (χ2v) is 9.61. The second kappa shape index (κ2) is 8.58. The summed E-state index contributed by atoms with van der Waals surface area (Å²) in [5.74, 6) is 0.0764. The highest BCUT2D eigenvalue weighted by molar-refractivity contribution is 7.99. The lowest BCUT2D eigenvalue weighted by atomic mass is 10.0. The van der Waals surface area contributed by atoms with E-state index in [-0.39, 0.29) is 18.1 Å². The van der Waals surface area contributed by atoms with Crippen molar-refractivity contribution in [1.82, 2.24) is 20.2 Å². The van der Waals surface area contributed by atoms with Gasteiger partial charge in [-0.2, -0.15) is 0 Å². The fraction of sp³-hybridized carbons (Fsp3) is 0.0800. The Balaban J connectivity index is 1.09. The molecule has 0 atom stereocenters. The second-order valence-electron chi connectivity index (χ2n) is 7.69. The molecule has 5 aromatic rings. The van der Waals surface area contributed by atoms with Gasteiger partial charge in [0.1, 0.15) is 17.2 Å². The number of aromatic nitrogens is 4. The predicted molar refractivity (Wildman–Crippen MR) is 133 cm³/mol. The lowest BCUT2D eigenvalue weighted by Crippen LogP contribution is -2.12. The third-order valence-corrected chi connectivity index (χ3v) is 7.13. The molecule has 6 nitrogen and oxygen atoms in total. The maximum absolute atomic E-state index is 13.1. The maximum Gasteiger partial charge on any atom is 0.226 e. The van der Waals surface area contributed by atoms with Crippen molar-refractivity contribution in [2.24, 2.45) is 0 Å². The van der Waals surface area contributed by atoms with Crippen LogP contribution in [0.1, 0.15) is 6.42 Å². The Labute approximate surface area is 202 Å². The third-order valence-electron chi connectivity index (χ3n) is 5.53. The smallest absolute Gasteiger partial charge is 0.226 e. The van der Waals surface area contributed by atoms with Crippen LogP contribution in [-0.2, 0) is 4.79 Å². The molecule has 6 rings (SSSR count). The molecule has 2 aromatic heterocycles. The predicted octanol–water partition coefficient (Wildman–Crippen LogP) is 6.06. The Hall–Kier alpha value is -3.69. The SMILES string of the molecule is O=C(CCSc1nnc2c(n1)-c1cccc3cccc-2c13)Nc1nc(-c2ccc(F)cc2)cs1. The zero-order valence-corrected chi connectivity index (χ0v) is 19.3. The van der Waals surface area contributed by atoms with Gasteiger partial charge in [0.05, 0.1) is 5.69 Å². The van der Waals surface area contributed by atoms with Crippen LogP contribution in [0.3, 0.4) is 0 Å². The van der Waals surface area contributed by atoms with Crippen molar-refractivity contribution >= 4 is 44.9 Å². The highest BCUT2D eigenvalue weighted by atomic mass is 32.2. The van der Waals surface area contributed by atoms with E-state index in [0.29, 0.717) is 21.7 Å². The van der Waals surface area contributed by atoms with Crippen LogP contribution in [0.15, 0.2) is 71.2 Å². The molecule has 0 fully saturated rings. The minimum Gasteiger partial charge on any atom is -0.302 e. The van der Waals surface area contributed by atoms with Crippen molar-refractivity contribution in [3.63, 3.8) is 0 Å². The summed E-state index contributed by atoms with van der Waals surface area (Å²) < 4.78 is 13.1. The van der Waals surface area contributed by atoms with E-state index in [1.807, 2.05) is 23.6 Å². The lowest BCUT2D eigenvalue weighted by Gasteiger charge is -2.04. The van der Waals surface area contributed by atoms with Crippen LogP contribution in [0.25, 0.3) is 44.5 Å². The number of halogens is 1. The first-order chi connectivity index (χ1) is 16.7. The molecule has 34 heavy (non-hydrogen) atoms. The Morgan fingerprint density at radius 1 is 0.941 bits per heavy atom. The van der Waals surface area contributed by atoms with Crippen LogP contribution in [0.4, 0.5) is 9.52 Å². The van der Waals surface area contributed by atoms with E-state index in [4.69, 9.17) is 4.98 Å². The van der Waals surface area contributed by atoms with Gasteiger partial charge in [0.2, 0.25) is 11.1 Å². The molecular formula is C25H16FN5OS2. The Morgan fingerprint density at radius 2 is 1.71 bits per heavy atom. The molecule has 1 aliphatic rings. The van der Waals surface area contributed by atoms with E-state index >= 15 is 0 Å². The van der Waals surface area contributed by atoms with Crippen molar-refractivity contribution in [1.29, 1.82) is 0 Å². The average Bonchev–Trinajstić information content (AvgIpc) is 3.44. The third kappa shape index (κ3) is 3.82. The van der Waals surface area contributed by atoms with Gasteiger partial charge in [-0.25, -0.2) is 14.4 Å². The van der Waals surface area contributed by atoms with Gasteiger partial charge in [0, 0.05) is 39.6 Å². The monoisotopic (exact) mass is 485 g/mol. The van der Waals surface area contributed by atoms with Crippen LogP contribution < -0.4 is 5.32 Å². The number of fused-ring (bicyclic) bond motifs is 3. The molecule has 0 bridgehead atoms. The molecule has 0 saturated carbocycles. The molecule has 0 saturated heterocycles. The average molecular weight is 486 g/mol. The molecule has 0 aliphatic heterocycles. The highest BCUT2D eigenvalue weighted by Gasteiger charge is 2.24. The summed E-state index contributed by atoms with van der Waals surface area (Å²) in [5.41, 5.74) is 5.26. The first-order valence-electron chi connectivity index (χ1n) is 10.6. The standard InChI is InChI=1S/C25H16FN5OS2/c26-16-9-7-14(8-10-16)19-13-34-24(27-19)28-20(32)11-12-33-25-29-22-17-5-1-3-15-4-2-6-18(21(15)17)23(22)30-31-25/h1-10,13H,11-12H2,(H,27,28,32). The number of hydrogen-bond donors (Lipinski definition) is 1. The van der Waals surface area contributed by atoms with Gasteiger partial charge in [-0.1, -0.05) is 48.2 Å². The topological polar surface area (TPSA) is 80.7 Å².